The SMILES string of the molecule is Nc1c(Cl)c(Cl)c(N)c2c1C(=O)c1cccc([N+](=O)[O-])c1C2=O. The van der Waals surface area contributed by atoms with Gasteiger partial charge in [-0.2, -0.15) is 0 Å². The fourth-order valence-electron chi connectivity index (χ4n) is 2.58. The van der Waals surface area contributed by atoms with Crippen LogP contribution in [-0.4, -0.2) is 16.5 Å². The average molecular weight is 352 g/mol. The number of anilines is 2. The molecule has 0 fully saturated rings. The molecule has 23 heavy (non-hydrogen) atoms. The third-order valence-corrected chi connectivity index (χ3v) is 4.50. The van der Waals surface area contributed by atoms with Gasteiger partial charge in [0.15, 0.2) is 5.78 Å². The highest BCUT2D eigenvalue weighted by Gasteiger charge is 2.39. The van der Waals surface area contributed by atoms with Crippen LogP contribution < -0.4 is 11.5 Å². The van der Waals surface area contributed by atoms with E-state index in [9.17, 15) is 19.7 Å². The summed E-state index contributed by atoms with van der Waals surface area (Å²) >= 11 is 11.9. The van der Waals surface area contributed by atoms with Crippen LogP contribution in [0.25, 0.3) is 0 Å². The second-order valence-electron chi connectivity index (χ2n) is 4.82. The zero-order valence-corrected chi connectivity index (χ0v) is 12.7. The van der Waals surface area contributed by atoms with Crippen molar-refractivity contribution in [2.24, 2.45) is 0 Å². The van der Waals surface area contributed by atoms with Gasteiger partial charge in [-0.3, -0.25) is 19.7 Å². The maximum Gasteiger partial charge on any atom is 0.281 e. The van der Waals surface area contributed by atoms with Crippen molar-refractivity contribution in [3.05, 3.63) is 60.6 Å². The minimum Gasteiger partial charge on any atom is -0.397 e. The van der Waals surface area contributed by atoms with Crippen LogP contribution in [0.1, 0.15) is 31.8 Å². The Kier molecular flexibility index (Phi) is 3.28. The predicted molar refractivity (Wildman–Crippen MR) is 85.2 cm³/mol. The zero-order valence-electron chi connectivity index (χ0n) is 11.2. The smallest absolute Gasteiger partial charge is 0.281 e. The second-order valence-corrected chi connectivity index (χ2v) is 5.58. The van der Waals surface area contributed by atoms with E-state index < -0.39 is 22.2 Å². The van der Waals surface area contributed by atoms with Gasteiger partial charge in [0.05, 0.1) is 37.5 Å². The van der Waals surface area contributed by atoms with Crippen LogP contribution in [0.15, 0.2) is 18.2 Å². The van der Waals surface area contributed by atoms with Crippen LogP contribution in [0.3, 0.4) is 0 Å². The maximum absolute atomic E-state index is 12.7. The lowest BCUT2D eigenvalue weighted by Gasteiger charge is -2.22. The lowest BCUT2D eigenvalue weighted by molar-refractivity contribution is -0.385. The zero-order chi connectivity index (χ0) is 17.0. The molecule has 0 atom stereocenters. The number of halogens is 2. The average Bonchev–Trinajstić information content (AvgIpc) is 2.53. The van der Waals surface area contributed by atoms with E-state index in [1.54, 1.807) is 0 Å². The maximum atomic E-state index is 12.7. The molecule has 0 spiro atoms. The number of carbonyl (C=O) groups excluding carboxylic acids is 2. The van der Waals surface area contributed by atoms with Gasteiger partial charge in [-0.1, -0.05) is 29.3 Å². The van der Waals surface area contributed by atoms with E-state index in [1.165, 1.54) is 12.1 Å². The van der Waals surface area contributed by atoms with Crippen molar-refractivity contribution in [1.29, 1.82) is 0 Å². The van der Waals surface area contributed by atoms with Gasteiger partial charge in [-0.15, -0.1) is 0 Å². The fraction of sp³-hybridized carbons (Fsp3) is 0. The molecular formula is C14H7Cl2N3O4. The number of fused-ring (bicyclic) bond motifs is 2. The molecule has 7 nitrogen and oxygen atoms in total. The number of hydrogen-bond donors (Lipinski definition) is 2. The standard InChI is InChI=1S/C14H7Cl2N3O4/c15-9-10(16)12(18)8-7(11(9)17)13(20)4-2-1-3-5(19(22)23)6(4)14(8)21/h1-3H,17-18H2. The molecule has 1 aliphatic rings. The molecule has 3 rings (SSSR count). The fourth-order valence-corrected chi connectivity index (χ4v) is 2.97. The molecule has 2 aromatic carbocycles. The Morgan fingerprint density at radius 1 is 0.913 bits per heavy atom. The van der Waals surface area contributed by atoms with E-state index in [4.69, 9.17) is 34.7 Å². The number of carbonyl (C=O) groups is 2. The molecule has 0 unspecified atom stereocenters. The van der Waals surface area contributed by atoms with Crippen LogP contribution >= 0.6 is 23.2 Å². The third kappa shape index (κ3) is 1.90. The Hall–Kier alpha value is -2.64. The molecule has 0 radical (unpaired) electrons. The lowest BCUT2D eigenvalue weighted by atomic mass is 9.81. The van der Waals surface area contributed by atoms with Crippen molar-refractivity contribution < 1.29 is 14.5 Å². The highest BCUT2D eigenvalue weighted by atomic mass is 35.5. The minimum atomic E-state index is -0.787. The molecule has 0 aliphatic heterocycles. The van der Waals surface area contributed by atoms with E-state index in [2.05, 4.69) is 0 Å². The predicted octanol–water partition coefficient (Wildman–Crippen LogP) is 2.84. The quantitative estimate of drug-likeness (QED) is 0.393. The monoisotopic (exact) mass is 351 g/mol. The largest absolute Gasteiger partial charge is 0.397 e. The van der Waals surface area contributed by atoms with Crippen LogP contribution in [0.4, 0.5) is 17.1 Å². The van der Waals surface area contributed by atoms with Gasteiger partial charge in [0.2, 0.25) is 5.78 Å². The van der Waals surface area contributed by atoms with Gasteiger partial charge in [0, 0.05) is 11.6 Å². The number of nitro groups is 1. The molecule has 0 saturated heterocycles. The van der Waals surface area contributed by atoms with Crippen molar-refractivity contribution in [2.75, 3.05) is 11.5 Å². The molecular weight excluding hydrogens is 345 g/mol. The summed E-state index contributed by atoms with van der Waals surface area (Å²) in [5.74, 6) is -1.45. The lowest BCUT2D eigenvalue weighted by Crippen LogP contribution is -2.25. The molecule has 0 aromatic heterocycles. The first kappa shape index (κ1) is 15.3. The number of rotatable bonds is 1. The number of nitrogen functional groups attached to an aromatic ring is 2. The number of benzene rings is 2. The van der Waals surface area contributed by atoms with Crippen molar-refractivity contribution in [3.63, 3.8) is 0 Å². The summed E-state index contributed by atoms with van der Waals surface area (Å²) in [6.45, 7) is 0. The number of nitro benzene ring substituents is 1. The third-order valence-electron chi connectivity index (χ3n) is 3.62. The number of hydrogen-bond acceptors (Lipinski definition) is 6. The molecule has 9 heteroatoms. The summed E-state index contributed by atoms with van der Waals surface area (Å²) < 4.78 is 0. The summed E-state index contributed by atoms with van der Waals surface area (Å²) in [6, 6.07) is 3.75. The molecule has 116 valence electrons. The van der Waals surface area contributed by atoms with E-state index >= 15 is 0 Å². The molecule has 1 aliphatic carbocycles. The molecule has 0 bridgehead atoms. The first-order chi connectivity index (χ1) is 10.8. The van der Waals surface area contributed by atoms with Crippen LogP contribution in [-0.2, 0) is 0 Å². The Morgan fingerprint density at radius 3 is 1.96 bits per heavy atom. The number of nitrogens with zero attached hydrogens (tertiary/aromatic N) is 1. The van der Waals surface area contributed by atoms with Crippen molar-refractivity contribution in [1.82, 2.24) is 0 Å². The minimum absolute atomic E-state index is 0.124. The summed E-state index contributed by atoms with van der Waals surface area (Å²) in [5.41, 5.74) is 9.79. The Labute approximate surface area is 138 Å². The number of nitrogens with two attached hydrogens (primary N) is 2. The van der Waals surface area contributed by atoms with Crippen molar-refractivity contribution >= 4 is 51.8 Å². The Morgan fingerprint density at radius 2 is 1.43 bits per heavy atom. The van der Waals surface area contributed by atoms with E-state index in [0.717, 1.165) is 6.07 Å². The highest BCUT2D eigenvalue weighted by molar-refractivity contribution is 6.48. The van der Waals surface area contributed by atoms with Gasteiger partial charge in [-0.05, 0) is 6.07 Å². The van der Waals surface area contributed by atoms with Gasteiger partial charge in [0.1, 0.15) is 5.56 Å². The summed E-state index contributed by atoms with van der Waals surface area (Å²) in [6.07, 6.45) is 0. The van der Waals surface area contributed by atoms with E-state index in [1.807, 2.05) is 0 Å². The molecule has 2 aromatic rings. The summed E-state index contributed by atoms with van der Waals surface area (Å²) in [5, 5.41) is 10.8. The first-order valence-electron chi connectivity index (χ1n) is 6.20. The van der Waals surface area contributed by atoms with Crippen molar-refractivity contribution in [2.45, 2.75) is 0 Å². The van der Waals surface area contributed by atoms with Gasteiger partial charge in [-0.25, -0.2) is 0 Å². The van der Waals surface area contributed by atoms with Gasteiger partial charge >= 0.3 is 0 Å². The summed E-state index contributed by atoms with van der Waals surface area (Å²) in [7, 11) is 0. The van der Waals surface area contributed by atoms with Gasteiger partial charge in [0.25, 0.3) is 5.69 Å². The number of ketones is 2. The molecule has 4 N–H and O–H groups in total. The Balaban J connectivity index is 2.46. The first-order valence-corrected chi connectivity index (χ1v) is 6.95. The molecule has 0 amide bonds. The molecule has 0 saturated carbocycles. The van der Waals surface area contributed by atoms with Crippen molar-refractivity contribution in [3.8, 4) is 0 Å². The van der Waals surface area contributed by atoms with E-state index in [0.29, 0.717) is 0 Å². The summed E-state index contributed by atoms with van der Waals surface area (Å²) in [4.78, 5) is 35.8. The van der Waals surface area contributed by atoms with Crippen LogP contribution in [0, 0.1) is 10.1 Å². The van der Waals surface area contributed by atoms with E-state index in [-0.39, 0.29) is 43.7 Å². The van der Waals surface area contributed by atoms with Crippen LogP contribution in [0.5, 0.6) is 0 Å². The second kappa shape index (κ2) is 4.94. The van der Waals surface area contributed by atoms with Gasteiger partial charge < -0.3 is 11.5 Å². The topological polar surface area (TPSA) is 129 Å². The normalized spacial score (nSPS) is 12.8. The van der Waals surface area contributed by atoms with Crippen LogP contribution in [0.2, 0.25) is 10.0 Å². The highest BCUT2D eigenvalue weighted by Crippen LogP contribution is 2.44. The Bertz CT molecular complexity index is 940. The molecule has 0 heterocycles.